The van der Waals surface area contributed by atoms with Gasteiger partial charge in [-0.05, 0) is 24.3 Å². The summed E-state index contributed by atoms with van der Waals surface area (Å²) < 4.78 is 1.64. The molecule has 0 radical (unpaired) electrons. The molecule has 0 saturated carbocycles. The summed E-state index contributed by atoms with van der Waals surface area (Å²) in [6.07, 6.45) is 5.07. The molecule has 20 heavy (non-hydrogen) atoms. The average Bonchev–Trinajstić information content (AvgIpc) is 2.92. The number of hydrogen-bond acceptors (Lipinski definition) is 4. The molecule has 0 aliphatic heterocycles. The van der Waals surface area contributed by atoms with Gasteiger partial charge in [0.25, 0.3) is 0 Å². The molecular formula is C14H8ClN5. The van der Waals surface area contributed by atoms with Crippen molar-refractivity contribution in [3.63, 3.8) is 0 Å². The first kappa shape index (κ1) is 11.3. The summed E-state index contributed by atoms with van der Waals surface area (Å²) in [6.45, 7) is 0. The van der Waals surface area contributed by atoms with Gasteiger partial charge in [-0.3, -0.25) is 4.98 Å². The molecule has 0 aliphatic carbocycles. The number of hydrogen-bond donors (Lipinski definition) is 0. The van der Waals surface area contributed by atoms with E-state index in [1.54, 1.807) is 23.2 Å². The number of pyridine rings is 1. The van der Waals surface area contributed by atoms with Crippen LogP contribution in [0.4, 0.5) is 0 Å². The number of fused-ring (bicyclic) bond motifs is 3. The Kier molecular flexibility index (Phi) is 2.40. The lowest BCUT2D eigenvalue weighted by Gasteiger charge is -1.99. The van der Waals surface area contributed by atoms with Crippen LogP contribution < -0.4 is 0 Å². The molecular weight excluding hydrogens is 274 g/mol. The lowest BCUT2D eigenvalue weighted by Crippen LogP contribution is -1.91. The quantitative estimate of drug-likeness (QED) is 0.538. The van der Waals surface area contributed by atoms with Crippen LogP contribution in [0.2, 0.25) is 5.02 Å². The Labute approximate surface area is 118 Å². The number of nitrogens with zero attached hydrogens (tertiary/aromatic N) is 5. The van der Waals surface area contributed by atoms with Crippen molar-refractivity contribution in [3.8, 4) is 11.4 Å². The zero-order chi connectivity index (χ0) is 13.5. The molecule has 3 aromatic heterocycles. The number of benzene rings is 1. The third-order valence-electron chi connectivity index (χ3n) is 3.09. The van der Waals surface area contributed by atoms with E-state index < -0.39 is 0 Å². The fourth-order valence-electron chi connectivity index (χ4n) is 2.16. The minimum Gasteiger partial charge on any atom is -0.265 e. The Balaban J connectivity index is 2.07. The maximum Gasteiger partial charge on any atom is 0.182 e. The van der Waals surface area contributed by atoms with Gasteiger partial charge < -0.3 is 0 Å². The molecule has 4 aromatic rings. The minimum atomic E-state index is 0.620. The highest BCUT2D eigenvalue weighted by Gasteiger charge is 2.11. The lowest BCUT2D eigenvalue weighted by atomic mass is 10.2. The molecule has 0 atom stereocenters. The second kappa shape index (κ2) is 4.25. The summed E-state index contributed by atoms with van der Waals surface area (Å²) in [6, 6.07) is 9.33. The predicted molar refractivity (Wildman–Crippen MR) is 76.5 cm³/mol. The van der Waals surface area contributed by atoms with Crippen molar-refractivity contribution in [2.75, 3.05) is 0 Å². The van der Waals surface area contributed by atoms with E-state index in [1.807, 2.05) is 30.3 Å². The normalized spacial score (nSPS) is 11.2. The van der Waals surface area contributed by atoms with Crippen molar-refractivity contribution in [2.45, 2.75) is 0 Å². The van der Waals surface area contributed by atoms with Crippen molar-refractivity contribution in [1.82, 2.24) is 24.6 Å². The van der Waals surface area contributed by atoms with Gasteiger partial charge in [-0.25, -0.2) is 14.5 Å². The van der Waals surface area contributed by atoms with Crippen LogP contribution in [0.3, 0.4) is 0 Å². The van der Waals surface area contributed by atoms with Crippen molar-refractivity contribution in [3.05, 3.63) is 54.1 Å². The number of halogens is 1. The minimum absolute atomic E-state index is 0.620. The largest absolute Gasteiger partial charge is 0.265 e. The van der Waals surface area contributed by atoms with Crippen LogP contribution >= 0.6 is 11.6 Å². The molecule has 6 heteroatoms. The highest BCUT2D eigenvalue weighted by Crippen LogP contribution is 2.26. The van der Waals surface area contributed by atoms with Gasteiger partial charge in [0.2, 0.25) is 0 Å². The zero-order valence-electron chi connectivity index (χ0n) is 10.2. The SMILES string of the molecule is Clc1cccc2ncn3nc(-c4ccncc4)nc3c12. The summed E-state index contributed by atoms with van der Waals surface area (Å²) in [4.78, 5) is 12.9. The molecule has 5 nitrogen and oxygen atoms in total. The predicted octanol–water partition coefficient (Wildman–Crippen LogP) is 2.99. The summed E-state index contributed by atoms with van der Waals surface area (Å²) in [7, 11) is 0. The summed E-state index contributed by atoms with van der Waals surface area (Å²) >= 11 is 6.26. The fraction of sp³-hybridized carbons (Fsp3) is 0. The highest BCUT2D eigenvalue weighted by molar-refractivity contribution is 6.36. The summed E-state index contributed by atoms with van der Waals surface area (Å²) in [5.74, 6) is 0.626. The first-order chi connectivity index (χ1) is 9.83. The molecule has 0 bridgehead atoms. The smallest absolute Gasteiger partial charge is 0.182 e. The van der Waals surface area contributed by atoms with Crippen LogP contribution in [0.1, 0.15) is 0 Å². The highest BCUT2D eigenvalue weighted by atomic mass is 35.5. The average molecular weight is 282 g/mol. The standard InChI is InChI=1S/C14H8ClN5/c15-10-2-1-3-11-12(10)14-18-13(19-20(14)8-17-11)9-4-6-16-7-5-9/h1-8H. The zero-order valence-corrected chi connectivity index (χ0v) is 11.0. The maximum absolute atomic E-state index is 6.26. The third kappa shape index (κ3) is 1.64. The molecule has 0 aliphatic rings. The molecule has 3 heterocycles. The Morgan fingerprint density at radius 2 is 1.90 bits per heavy atom. The molecule has 0 unspecified atom stereocenters. The van der Waals surface area contributed by atoms with Crippen LogP contribution in [0, 0.1) is 0 Å². The second-order valence-corrected chi connectivity index (χ2v) is 4.73. The maximum atomic E-state index is 6.26. The van der Waals surface area contributed by atoms with E-state index in [-0.39, 0.29) is 0 Å². The summed E-state index contributed by atoms with van der Waals surface area (Å²) in [5, 5.41) is 5.86. The van der Waals surface area contributed by atoms with Crippen LogP contribution in [0.15, 0.2) is 49.1 Å². The van der Waals surface area contributed by atoms with Gasteiger partial charge in [0.1, 0.15) is 6.33 Å². The second-order valence-electron chi connectivity index (χ2n) is 4.32. The fourth-order valence-corrected chi connectivity index (χ4v) is 2.41. The van der Waals surface area contributed by atoms with E-state index in [0.29, 0.717) is 16.5 Å². The first-order valence-electron chi connectivity index (χ1n) is 6.03. The molecule has 4 rings (SSSR count). The molecule has 96 valence electrons. The first-order valence-corrected chi connectivity index (χ1v) is 6.41. The van der Waals surface area contributed by atoms with Gasteiger partial charge >= 0.3 is 0 Å². The molecule has 0 amide bonds. The molecule has 0 fully saturated rings. The number of rotatable bonds is 1. The summed E-state index contributed by atoms with van der Waals surface area (Å²) in [5.41, 5.74) is 2.41. The van der Waals surface area contributed by atoms with Gasteiger partial charge in [0.15, 0.2) is 11.5 Å². The molecule has 0 saturated heterocycles. The van der Waals surface area contributed by atoms with Crippen molar-refractivity contribution < 1.29 is 0 Å². The van der Waals surface area contributed by atoms with Crippen molar-refractivity contribution >= 4 is 28.2 Å². The molecule has 0 spiro atoms. The van der Waals surface area contributed by atoms with Crippen LogP contribution in [0.25, 0.3) is 27.9 Å². The van der Waals surface area contributed by atoms with Gasteiger partial charge in [-0.1, -0.05) is 17.7 Å². The van der Waals surface area contributed by atoms with Gasteiger partial charge in [-0.2, -0.15) is 0 Å². The lowest BCUT2D eigenvalue weighted by molar-refractivity contribution is 0.938. The van der Waals surface area contributed by atoms with E-state index in [2.05, 4.69) is 20.1 Å². The Morgan fingerprint density at radius 3 is 2.75 bits per heavy atom. The van der Waals surface area contributed by atoms with Gasteiger partial charge in [0, 0.05) is 18.0 Å². The topological polar surface area (TPSA) is 56.0 Å². The Hall–Kier alpha value is -2.53. The molecule has 1 aromatic carbocycles. The molecule has 0 N–H and O–H groups in total. The van der Waals surface area contributed by atoms with Gasteiger partial charge in [-0.15, -0.1) is 5.10 Å². The monoisotopic (exact) mass is 281 g/mol. The van der Waals surface area contributed by atoms with Crippen molar-refractivity contribution in [1.29, 1.82) is 0 Å². The van der Waals surface area contributed by atoms with E-state index in [9.17, 15) is 0 Å². The van der Waals surface area contributed by atoms with Crippen LogP contribution in [0.5, 0.6) is 0 Å². The van der Waals surface area contributed by atoms with E-state index >= 15 is 0 Å². The van der Waals surface area contributed by atoms with E-state index in [1.165, 1.54) is 0 Å². The Morgan fingerprint density at radius 1 is 1.05 bits per heavy atom. The van der Waals surface area contributed by atoms with Crippen LogP contribution in [-0.4, -0.2) is 24.6 Å². The van der Waals surface area contributed by atoms with Crippen molar-refractivity contribution in [2.24, 2.45) is 0 Å². The number of aromatic nitrogens is 5. The third-order valence-corrected chi connectivity index (χ3v) is 3.41. The van der Waals surface area contributed by atoms with E-state index in [0.717, 1.165) is 16.5 Å². The van der Waals surface area contributed by atoms with E-state index in [4.69, 9.17) is 11.6 Å². The van der Waals surface area contributed by atoms with Crippen LogP contribution in [-0.2, 0) is 0 Å². The Bertz CT molecular complexity index is 917. The van der Waals surface area contributed by atoms with Gasteiger partial charge in [0.05, 0.1) is 15.9 Å².